The number of aromatic nitrogens is 3. The van der Waals surface area contributed by atoms with Crippen LogP contribution in [-0.4, -0.2) is 37.5 Å². The van der Waals surface area contributed by atoms with Crippen LogP contribution in [0, 0.1) is 0 Å². The number of carbonyl (C=O) groups excluding carboxylic acids is 1. The van der Waals surface area contributed by atoms with Gasteiger partial charge in [0.1, 0.15) is 5.82 Å². The average molecular weight is 482 g/mol. The van der Waals surface area contributed by atoms with Crippen molar-refractivity contribution >= 4 is 17.4 Å². The lowest BCUT2D eigenvalue weighted by molar-refractivity contribution is -0.192. The van der Waals surface area contributed by atoms with Crippen LogP contribution in [0.3, 0.4) is 0 Å². The molecule has 0 spiro atoms. The van der Waals surface area contributed by atoms with Crippen molar-refractivity contribution in [2.75, 3.05) is 0 Å². The highest BCUT2D eigenvalue weighted by atomic mass is 19.4. The SMILES string of the molecule is O=C(NC1(c2ccccc2)CC1)c1nc(Cc2cccnc2)n2ccccc12.O=C(O)C(F)(F)F. The van der Waals surface area contributed by atoms with E-state index in [1.54, 1.807) is 6.20 Å². The molecule has 10 heteroatoms. The normalized spacial score (nSPS) is 14.0. The van der Waals surface area contributed by atoms with E-state index in [4.69, 9.17) is 14.9 Å². The molecule has 3 aromatic heterocycles. The number of imidazole rings is 1. The van der Waals surface area contributed by atoms with Gasteiger partial charge in [-0.05, 0) is 42.2 Å². The first-order valence-corrected chi connectivity index (χ1v) is 10.7. The number of halogens is 3. The number of alkyl halides is 3. The Bertz CT molecular complexity index is 1330. The number of pyridine rings is 2. The number of hydrogen-bond acceptors (Lipinski definition) is 4. The molecule has 7 nitrogen and oxygen atoms in total. The topological polar surface area (TPSA) is 96.6 Å². The Labute approximate surface area is 198 Å². The van der Waals surface area contributed by atoms with Gasteiger partial charge in [-0.2, -0.15) is 13.2 Å². The maximum absolute atomic E-state index is 13.2. The molecule has 1 aromatic carbocycles. The predicted molar refractivity (Wildman–Crippen MR) is 121 cm³/mol. The number of aliphatic carboxylic acids is 1. The van der Waals surface area contributed by atoms with Crippen LogP contribution in [0.15, 0.2) is 79.3 Å². The minimum Gasteiger partial charge on any atom is -0.475 e. The highest BCUT2D eigenvalue weighted by molar-refractivity contribution is 5.99. The summed E-state index contributed by atoms with van der Waals surface area (Å²) in [6.45, 7) is 0. The smallest absolute Gasteiger partial charge is 0.475 e. The Kier molecular flexibility index (Phi) is 6.54. The molecule has 0 saturated heterocycles. The molecule has 0 atom stereocenters. The summed E-state index contributed by atoms with van der Waals surface area (Å²) in [6.07, 6.45) is 2.99. The summed E-state index contributed by atoms with van der Waals surface area (Å²) >= 11 is 0. The molecule has 1 fully saturated rings. The number of rotatable bonds is 5. The van der Waals surface area contributed by atoms with Crippen molar-refractivity contribution in [3.63, 3.8) is 0 Å². The maximum Gasteiger partial charge on any atom is 0.490 e. The molecule has 0 bridgehead atoms. The Morgan fingerprint density at radius 1 is 1.03 bits per heavy atom. The average Bonchev–Trinajstić information content (AvgIpc) is 3.54. The van der Waals surface area contributed by atoms with Crippen molar-refractivity contribution in [1.29, 1.82) is 0 Å². The fourth-order valence-corrected chi connectivity index (χ4v) is 3.72. The molecule has 180 valence electrons. The minimum absolute atomic E-state index is 0.123. The molecule has 0 radical (unpaired) electrons. The first-order chi connectivity index (χ1) is 16.7. The number of fused-ring (bicyclic) bond motifs is 1. The van der Waals surface area contributed by atoms with E-state index in [0.29, 0.717) is 12.1 Å². The quantitative estimate of drug-likeness (QED) is 0.440. The van der Waals surface area contributed by atoms with E-state index in [-0.39, 0.29) is 11.4 Å². The standard InChI is InChI=1S/C23H20N4O.C2HF3O2/c28-22(26-23(11-12-23)18-8-2-1-3-9-18)21-19-10-4-5-14-27(19)20(25-21)15-17-7-6-13-24-16-17;3-2(4,5)1(6)7/h1-10,13-14,16H,11-12,15H2,(H,26,28);(H,6,7). The van der Waals surface area contributed by atoms with Crippen LogP contribution in [0.1, 0.15) is 40.3 Å². The predicted octanol–water partition coefficient (Wildman–Crippen LogP) is 4.37. The lowest BCUT2D eigenvalue weighted by atomic mass is 10.0. The fourth-order valence-electron chi connectivity index (χ4n) is 3.72. The lowest BCUT2D eigenvalue weighted by Gasteiger charge is -2.17. The molecule has 1 amide bonds. The van der Waals surface area contributed by atoms with Crippen molar-refractivity contribution in [2.24, 2.45) is 0 Å². The second-order valence-electron chi connectivity index (χ2n) is 8.08. The molecular formula is C25H21F3N4O3. The van der Waals surface area contributed by atoms with Crippen LogP contribution in [0.25, 0.3) is 5.52 Å². The van der Waals surface area contributed by atoms with Gasteiger partial charge in [-0.1, -0.05) is 42.5 Å². The van der Waals surface area contributed by atoms with E-state index in [0.717, 1.165) is 35.3 Å². The fraction of sp³-hybridized carbons (Fsp3) is 0.200. The second kappa shape index (κ2) is 9.57. The number of nitrogens with zero attached hydrogens (tertiary/aromatic N) is 3. The summed E-state index contributed by atoms with van der Waals surface area (Å²) in [4.78, 5) is 30.9. The molecule has 1 aliphatic carbocycles. The molecule has 4 aromatic rings. The highest BCUT2D eigenvalue weighted by Gasteiger charge is 2.46. The number of carboxylic acid groups (broad SMARTS) is 1. The first kappa shape index (κ1) is 23.9. The summed E-state index contributed by atoms with van der Waals surface area (Å²) in [6, 6.07) is 19.9. The molecule has 1 aliphatic rings. The monoisotopic (exact) mass is 482 g/mol. The van der Waals surface area contributed by atoms with Crippen LogP contribution in [0.5, 0.6) is 0 Å². The Morgan fingerprint density at radius 3 is 2.31 bits per heavy atom. The third-order valence-corrected chi connectivity index (χ3v) is 5.59. The molecule has 2 N–H and O–H groups in total. The van der Waals surface area contributed by atoms with E-state index < -0.39 is 12.1 Å². The number of nitrogens with one attached hydrogen (secondary N) is 1. The third kappa shape index (κ3) is 5.48. The summed E-state index contributed by atoms with van der Waals surface area (Å²) in [5.41, 5.74) is 3.26. The highest BCUT2D eigenvalue weighted by Crippen LogP contribution is 2.45. The summed E-state index contributed by atoms with van der Waals surface area (Å²) in [7, 11) is 0. The number of carbonyl (C=O) groups is 2. The van der Waals surface area contributed by atoms with Crippen LogP contribution >= 0.6 is 0 Å². The molecular weight excluding hydrogens is 461 g/mol. The van der Waals surface area contributed by atoms with Gasteiger partial charge in [0, 0.05) is 25.0 Å². The van der Waals surface area contributed by atoms with Crippen LogP contribution < -0.4 is 5.32 Å². The lowest BCUT2D eigenvalue weighted by Crippen LogP contribution is -2.35. The van der Waals surface area contributed by atoms with Gasteiger partial charge in [0.25, 0.3) is 5.91 Å². The molecule has 5 rings (SSSR count). The summed E-state index contributed by atoms with van der Waals surface area (Å²) in [5, 5.41) is 10.4. The molecule has 0 unspecified atom stereocenters. The van der Waals surface area contributed by atoms with Gasteiger partial charge in [0.05, 0.1) is 11.1 Å². The van der Waals surface area contributed by atoms with E-state index in [2.05, 4.69) is 22.4 Å². The first-order valence-electron chi connectivity index (χ1n) is 10.7. The van der Waals surface area contributed by atoms with Crippen molar-refractivity contribution in [3.8, 4) is 0 Å². The molecule has 35 heavy (non-hydrogen) atoms. The van der Waals surface area contributed by atoms with E-state index in [9.17, 15) is 18.0 Å². The van der Waals surface area contributed by atoms with E-state index in [1.165, 1.54) is 0 Å². The molecule has 1 saturated carbocycles. The van der Waals surface area contributed by atoms with Crippen LogP contribution in [0.4, 0.5) is 13.2 Å². The van der Waals surface area contributed by atoms with Crippen molar-refractivity contribution in [1.82, 2.24) is 19.7 Å². The van der Waals surface area contributed by atoms with Crippen molar-refractivity contribution in [3.05, 3.63) is 102 Å². The van der Waals surface area contributed by atoms with Crippen LogP contribution in [-0.2, 0) is 16.8 Å². The zero-order chi connectivity index (χ0) is 25.1. The summed E-state index contributed by atoms with van der Waals surface area (Å²) in [5.74, 6) is -2.05. The van der Waals surface area contributed by atoms with E-state index >= 15 is 0 Å². The number of hydrogen-bond donors (Lipinski definition) is 2. The van der Waals surface area contributed by atoms with Gasteiger partial charge in [0.2, 0.25) is 0 Å². The van der Waals surface area contributed by atoms with Crippen molar-refractivity contribution < 1.29 is 27.9 Å². The van der Waals surface area contributed by atoms with Crippen LogP contribution in [0.2, 0.25) is 0 Å². The van der Waals surface area contributed by atoms with Gasteiger partial charge >= 0.3 is 12.1 Å². The Hall–Kier alpha value is -4.21. The Balaban J connectivity index is 0.000000364. The van der Waals surface area contributed by atoms with Gasteiger partial charge in [-0.3, -0.25) is 9.78 Å². The number of amides is 1. The van der Waals surface area contributed by atoms with Gasteiger partial charge in [-0.25, -0.2) is 9.78 Å². The van der Waals surface area contributed by atoms with Crippen molar-refractivity contribution in [2.45, 2.75) is 31.0 Å². The third-order valence-electron chi connectivity index (χ3n) is 5.59. The zero-order valence-corrected chi connectivity index (χ0v) is 18.4. The number of benzene rings is 1. The van der Waals surface area contributed by atoms with Gasteiger partial charge in [0.15, 0.2) is 5.69 Å². The summed E-state index contributed by atoms with van der Waals surface area (Å²) < 4.78 is 33.7. The van der Waals surface area contributed by atoms with Gasteiger partial charge < -0.3 is 14.8 Å². The molecule has 0 aliphatic heterocycles. The molecule has 3 heterocycles. The maximum atomic E-state index is 13.2. The largest absolute Gasteiger partial charge is 0.490 e. The number of carboxylic acids is 1. The minimum atomic E-state index is -5.08. The van der Waals surface area contributed by atoms with Gasteiger partial charge in [-0.15, -0.1) is 0 Å². The van der Waals surface area contributed by atoms with E-state index in [1.807, 2.05) is 65.3 Å². The second-order valence-corrected chi connectivity index (χ2v) is 8.08. The Morgan fingerprint density at radius 2 is 1.71 bits per heavy atom. The zero-order valence-electron chi connectivity index (χ0n) is 18.4.